The SMILES string of the molecule is CNC(=O)CN1CC(O)C1. The lowest BCUT2D eigenvalue weighted by atomic mass is 10.2. The molecule has 0 spiro atoms. The first-order valence-corrected chi connectivity index (χ1v) is 3.33. The minimum Gasteiger partial charge on any atom is -0.390 e. The molecule has 2 N–H and O–H groups in total. The minimum absolute atomic E-state index is 0.00639. The highest BCUT2D eigenvalue weighted by Gasteiger charge is 2.25. The smallest absolute Gasteiger partial charge is 0.233 e. The van der Waals surface area contributed by atoms with E-state index in [2.05, 4.69) is 5.32 Å². The van der Waals surface area contributed by atoms with E-state index in [9.17, 15) is 4.79 Å². The number of hydrogen-bond donors (Lipinski definition) is 2. The Morgan fingerprint density at radius 2 is 2.40 bits per heavy atom. The fourth-order valence-electron chi connectivity index (χ4n) is 0.954. The number of likely N-dealkylation sites (N-methyl/N-ethyl adjacent to an activating group) is 1. The van der Waals surface area contributed by atoms with Gasteiger partial charge in [-0.2, -0.15) is 0 Å². The summed E-state index contributed by atoms with van der Waals surface area (Å²) in [7, 11) is 1.61. The van der Waals surface area contributed by atoms with Crippen molar-refractivity contribution in [1.29, 1.82) is 0 Å². The van der Waals surface area contributed by atoms with Crippen LogP contribution in [0.15, 0.2) is 0 Å². The van der Waals surface area contributed by atoms with E-state index in [0.29, 0.717) is 19.6 Å². The predicted octanol–water partition coefficient (Wildman–Crippen LogP) is -1.59. The molecule has 0 unspecified atom stereocenters. The third-order valence-corrected chi connectivity index (χ3v) is 1.58. The highest BCUT2D eigenvalue weighted by molar-refractivity contribution is 5.77. The van der Waals surface area contributed by atoms with E-state index in [1.165, 1.54) is 0 Å². The Morgan fingerprint density at radius 3 is 2.80 bits per heavy atom. The summed E-state index contributed by atoms with van der Waals surface area (Å²) in [4.78, 5) is 12.6. The molecule has 0 saturated carbocycles. The first-order valence-electron chi connectivity index (χ1n) is 3.33. The van der Waals surface area contributed by atoms with E-state index < -0.39 is 0 Å². The molecule has 1 aliphatic heterocycles. The van der Waals surface area contributed by atoms with Gasteiger partial charge in [0.15, 0.2) is 0 Å². The molecule has 0 aliphatic carbocycles. The quantitative estimate of drug-likeness (QED) is 0.491. The maximum Gasteiger partial charge on any atom is 0.233 e. The lowest BCUT2D eigenvalue weighted by Crippen LogP contribution is -2.53. The van der Waals surface area contributed by atoms with Gasteiger partial charge < -0.3 is 10.4 Å². The van der Waals surface area contributed by atoms with Gasteiger partial charge in [0.1, 0.15) is 0 Å². The third kappa shape index (κ3) is 1.68. The molecule has 0 radical (unpaired) electrons. The molecule has 0 atom stereocenters. The first-order chi connectivity index (χ1) is 4.72. The summed E-state index contributed by atoms with van der Waals surface area (Å²) in [5.74, 6) is 0.00639. The van der Waals surface area contributed by atoms with Gasteiger partial charge in [-0.15, -0.1) is 0 Å². The Morgan fingerprint density at radius 1 is 1.80 bits per heavy atom. The molecule has 58 valence electrons. The average molecular weight is 144 g/mol. The Hall–Kier alpha value is -0.610. The standard InChI is InChI=1S/C6H12N2O2/c1-7-6(10)4-8-2-5(9)3-8/h5,9H,2-4H2,1H3,(H,7,10). The number of likely N-dealkylation sites (tertiary alicyclic amines) is 1. The third-order valence-electron chi connectivity index (χ3n) is 1.58. The van der Waals surface area contributed by atoms with E-state index >= 15 is 0 Å². The fourth-order valence-corrected chi connectivity index (χ4v) is 0.954. The Bertz CT molecular complexity index is 132. The lowest BCUT2D eigenvalue weighted by molar-refractivity contribution is -0.124. The topological polar surface area (TPSA) is 52.6 Å². The van der Waals surface area contributed by atoms with Gasteiger partial charge in [-0.1, -0.05) is 0 Å². The number of carbonyl (C=O) groups excluding carboxylic acids is 1. The van der Waals surface area contributed by atoms with Crippen molar-refractivity contribution in [3.05, 3.63) is 0 Å². The van der Waals surface area contributed by atoms with Gasteiger partial charge in [-0.25, -0.2) is 0 Å². The summed E-state index contributed by atoms with van der Waals surface area (Å²) in [6, 6.07) is 0. The molecule has 1 rings (SSSR count). The van der Waals surface area contributed by atoms with Crippen molar-refractivity contribution in [1.82, 2.24) is 10.2 Å². The Balaban J connectivity index is 2.10. The number of β-amino-alcohol motifs (C(OH)–C–C–N with tert-alkyl or cyclic N) is 1. The van der Waals surface area contributed by atoms with Crippen LogP contribution in [0.4, 0.5) is 0 Å². The molecule has 1 saturated heterocycles. The van der Waals surface area contributed by atoms with Gasteiger partial charge in [0, 0.05) is 20.1 Å². The maximum absolute atomic E-state index is 10.7. The molecular formula is C6H12N2O2. The summed E-state index contributed by atoms with van der Waals surface area (Å²) < 4.78 is 0. The lowest BCUT2D eigenvalue weighted by Gasteiger charge is -2.34. The zero-order chi connectivity index (χ0) is 7.56. The highest BCUT2D eigenvalue weighted by Crippen LogP contribution is 2.04. The monoisotopic (exact) mass is 144 g/mol. The van der Waals surface area contributed by atoms with Gasteiger partial charge in [0.2, 0.25) is 5.91 Å². The minimum atomic E-state index is -0.218. The molecule has 4 nitrogen and oxygen atoms in total. The number of amides is 1. The van der Waals surface area contributed by atoms with E-state index in [0.717, 1.165) is 0 Å². The van der Waals surface area contributed by atoms with Crippen molar-refractivity contribution < 1.29 is 9.90 Å². The Kier molecular flexibility index (Phi) is 2.24. The van der Waals surface area contributed by atoms with Crippen LogP contribution in [0.1, 0.15) is 0 Å². The molecule has 10 heavy (non-hydrogen) atoms. The van der Waals surface area contributed by atoms with E-state index in [1.807, 2.05) is 4.90 Å². The molecular weight excluding hydrogens is 132 g/mol. The average Bonchev–Trinajstić information content (AvgIpc) is 1.84. The molecule has 1 fully saturated rings. The maximum atomic E-state index is 10.7. The van der Waals surface area contributed by atoms with Crippen molar-refractivity contribution in [3.8, 4) is 0 Å². The first kappa shape index (κ1) is 7.50. The summed E-state index contributed by atoms with van der Waals surface area (Å²) in [6.45, 7) is 1.68. The van der Waals surface area contributed by atoms with Gasteiger partial charge in [0.05, 0.1) is 12.6 Å². The van der Waals surface area contributed by atoms with Crippen LogP contribution < -0.4 is 5.32 Å². The van der Waals surface area contributed by atoms with Gasteiger partial charge in [-0.05, 0) is 0 Å². The van der Waals surface area contributed by atoms with Crippen molar-refractivity contribution in [3.63, 3.8) is 0 Å². The largest absolute Gasteiger partial charge is 0.390 e. The second kappa shape index (κ2) is 2.98. The highest BCUT2D eigenvalue weighted by atomic mass is 16.3. The van der Waals surface area contributed by atoms with Crippen molar-refractivity contribution in [2.45, 2.75) is 6.10 Å². The normalized spacial score (nSPS) is 20.2. The van der Waals surface area contributed by atoms with Crippen molar-refractivity contribution in [2.24, 2.45) is 0 Å². The van der Waals surface area contributed by atoms with Crippen LogP contribution in [-0.4, -0.2) is 48.7 Å². The van der Waals surface area contributed by atoms with E-state index in [1.54, 1.807) is 7.05 Å². The number of carbonyl (C=O) groups is 1. The zero-order valence-corrected chi connectivity index (χ0v) is 6.00. The summed E-state index contributed by atoms with van der Waals surface area (Å²) in [5, 5.41) is 11.3. The molecule has 1 amide bonds. The predicted molar refractivity (Wildman–Crippen MR) is 36.5 cm³/mol. The fraction of sp³-hybridized carbons (Fsp3) is 0.833. The van der Waals surface area contributed by atoms with Crippen LogP contribution >= 0.6 is 0 Å². The number of nitrogens with zero attached hydrogens (tertiary/aromatic N) is 1. The molecule has 0 aromatic carbocycles. The number of nitrogens with one attached hydrogen (secondary N) is 1. The number of hydrogen-bond acceptors (Lipinski definition) is 3. The van der Waals surface area contributed by atoms with Crippen LogP contribution in [0.25, 0.3) is 0 Å². The van der Waals surface area contributed by atoms with Crippen molar-refractivity contribution in [2.75, 3.05) is 26.7 Å². The molecule has 0 aromatic heterocycles. The second-order valence-corrected chi connectivity index (χ2v) is 2.52. The second-order valence-electron chi connectivity index (χ2n) is 2.52. The molecule has 0 aromatic rings. The van der Waals surface area contributed by atoms with Crippen LogP contribution in [-0.2, 0) is 4.79 Å². The molecule has 1 aliphatic rings. The van der Waals surface area contributed by atoms with Gasteiger partial charge in [0.25, 0.3) is 0 Å². The van der Waals surface area contributed by atoms with Gasteiger partial charge >= 0.3 is 0 Å². The van der Waals surface area contributed by atoms with Crippen LogP contribution in [0.2, 0.25) is 0 Å². The number of aliphatic hydroxyl groups is 1. The van der Waals surface area contributed by atoms with Crippen LogP contribution in [0, 0.1) is 0 Å². The molecule has 1 heterocycles. The zero-order valence-electron chi connectivity index (χ0n) is 6.00. The summed E-state index contributed by atoms with van der Waals surface area (Å²) >= 11 is 0. The summed E-state index contributed by atoms with van der Waals surface area (Å²) in [6.07, 6.45) is -0.218. The number of rotatable bonds is 2. The number of aliphatic hydroxyl groups excluding tert-OH is 1. The van der Waals surface area contributed by atoms with E-state index in [-0.39, 0.29) is 12.0 Å². The van der Waals surface area contributed by atoms with Gasteiger partial charge in [-0.3, -0.25) is 9.69 Å². The Labute approximate surface area is 59.8 Å². The molecule has 0 bridgehead atoms. The van der Waals surface area contributed by atoms with Crippen molar-refractivity contribution >= 4 is 5.91 Å². The van der Waals surface area contributed by atoms with Crippen LogP contribution in [0.5, 0.6) is 0 Å². The molecule has 4 heteroatoms. The van der Waals surface area contributed by atoms with E-state index in [4.69, 9.17) is 5.11 Å². The van der Waals surface area contributed by atoms with Crippen LogP contribution in [0.3, 0.4) is 0 Å². The summed E-state index contributed by atoms with van der Waals surface area (Å²) in [5.41, 5.74) is 0.